The van der Waals surface area contributed by atoms with E-state index < -0.39 is 0 Å². The molecule has 5 nitrogen and oxygen atoms in total. The van der Waals surface area contributed by atoms with Crippen molar-refractivity contribution in [1.29, 1.82) is 0 Å². The summed E-state index contributed by atoms with van der Waals surface area (Å²) in [4.78, 5) is 32.3. The van der Waals surface area contributed by atoms with Crippen molar-refractivity contribution < 1.29 is 0 Å². The Balaban J connectivity index is 1.78. The summed E-state index contributed by atoms with van der Waals surface area (Å²) in [6.45, 7) is 6.95. The second-order valence-electron chi connectivity index (χ2n) is 10.1. The Morgan fingerprint density at radius 2 is 1.49 bits per heavy atom. The van der Waals surface area contributed by atoms with E-state index in [4.69, 9.17) is 4.98 Å². The van der Waals surface area contributed by atoms with E-state index in [2.05, 4.69) is 32.9 Å². The van der Waals surface area contributed by atoms with Gasteiger partial charge in [-0.1, -0.05) is 87.5 Å². The number of nitrogens with zero attached hydrogens (tertiary/aromatic N) is 3. The van der Waals surface area contributed by atoms with Crippen LogP contribution in [-0.2, 0) is 25.4 Å². The zero-order valence-corrected chi connectivity index (χ0v) is 20.6. The minimum atomic E-state index is -0.299. The highest BCUT2D eigenvalue weighted by atomic mass is 16.1. The largest absolute Gasteiger partial charge is 0.328 e. The summed E-state index contributed by atoms with van der Waals surface area (Å²) in [6.07, 6.45) is 0.662. The molecule has 0 aliphatic heterocycles. The van der Waals surface area contributed by atoms with Gasteiger partial charge >= 0.3 is 0 Å². The van der Waals surface area contributed by atoms with Gasteiger partial charge in [0.2, 0.25) is 5.43 Å². The van der Waals surface area contributed by atoms with E-state index in [1.807, 2.05) is 72.3 Å². The third kappa shape index (κ3) is 4.08. The summed E-state index contributed by atoms with van der Waals surface area (Å²) in [5.74, 6) is 0.573. The standard InChI is InChI=1S/C30H29N3O2/c1-30(2,3)22-16-14-21(15-17-22)27-31-28-25(26(34)23-12-8-9-13-24(23)32(28)4)29(35)33(27)19-18-20-10-6-5-7-11-20/h5-17H,18-19H2,1-4H3. The van der Waals surface area contributed by atoms with Crippen LogP contribution in [0.25, 0.3) is 33.3 Å². The van der Waals surface area contributed by atoms with E-state index in [0.29, 0.717) is 29.8 Å². The Morgan fingerprint density at radius 1 is 0.829 bits per heavy atom. The first-order valence-corrected chi connectivity index (χ1v) is 11.9. The monoisotopic (exact) mass is 463 g/mol. The van der Waals surface area contributed by atoms with Crippen LogP contribution in [-0.4, -0.2) is 14.1 Å². The van der Waals surface area contributed by atoms with Gasteiger partial charge in [0.1, 0.15) is 11.2 Å². The van der Waals surface area contributed by atoms with Gasteiger partial charge in [0.25, 0.3) is 5.56 Å². The predicted molar refractivity (Wildman–Crippen MR) is 143 cm³/mol. The molecule has 0 amide bonds. The average molecular weight is 464 g/mol. The fourth-order valence-electron chi connectivity index (χ4n) is 4.62. The first kappa shape index (κ1) is 22.8. The van der Waals surface area contributed by atoms with Crippen LogP contribution in [0.1, 0.15) is 31.9 Å². The van der Waals surface area contributed by atoms with E-state index >= 15 is 0 Å². The summed E-state index contributed by atoms with van der Waals surface area (Å²) < 4.78 is 3.51. The van der Waals surface area contributed by atoms with Crippen LogP contribution in [0.15, 0.2) is 88.5 Å². The Labute approximate surface area is 204 Å². The molecular formula is C30H29N3O2. The van der Waals surface area contributed by atoms with Gasteiger partial charge in [-0.15, -0.1) is 0 Å². The highest BCUT2D eigenvalue weighted by molar-refractivity contribution is 5.91. The maximum Gasteiger partial charge on any atom is 0.267 e. The molecule has 176 valence electrons. The molecule has 5 heteroatoms. The van der Waals surface area contributed by atoms with Crippen molar-refractivity contribution >= 4 is 21.9 Å². The Bertz CT molecular complexity index is 1660. The predicted octanol–water partition coefficient (Wildman–Crippen LogP) is 5.46. The maximum absolute atomic E-state index is 13.9. The molecule has 0 saturated heterocycles. The van der Waals surface area contributed by atoms with Crippen LogP contribution in [0.4, 0.5) is 0 Å². The second kappa shape index (κ2) is 8.66. The van der Waals surface area contributed by atoms with Crippen LogP contribution in [0.5, 0.6) is 0 Å². The first-order valence-electron chi connectivity index (χ1n) is 11.9. The van der Waals surface area contributed by atoms with Crippen molar-refractivity contribution in [1.82, 2.24) is 14.1 Å². The third-order valence-electron chi connectivity index (χ3n) is 6.68. The van der Waals surface area contributed by atoms with Crippen LogP contribution in [0.2, 0.25) is 0 Å². The number of hydrogen-bond donors (Lipinski definition) is 0. The van der Waals surface area contributed by atoms with Crippen molar-refractivity contribution in [2.45, 2.75) is 39.2 Å². The molecular weight excluding hydrogens is 434 g/mol. The normalized spacial score (nSPS) is 11.9. The van der Waals surface area contributed by atoms with Crippen LogP contribution < -0.4 is 11.0 Å². The molecule has 0 N–H and O–H groups in total. The zero-order valence-electron chi connectivity index (χ0n) is 20.6. The van der Waals surface area contributed by atoms with Crippen molar-refractivity contribution in [3.63, 3.8) is 0 Å². The van der Waals surface area contributed by atoms with Crippen LogP contribution in [0.3, 0.4) is 0 Å². The third-order valence-corrected chi connectivity index (χ3v) is 6.68. The average Bonchev–Trinajstić information content (AvgIpc) is 2.86. The number of benzene rings is 3. The molecule has 0 saturated carbocycles. The molecule has 0 bridgehead atoms. The number of hydrogen-bond acceptors (Lipinski definition) is 3. The lowest BCUT2D eigenvalue weighted by Gasteiger charge is -2.20. The van der Waals surface area contributed by atoms with Crippen LogP contribution >= 0.6 is 0 Å². The van der Waals surface area contributed by atoms with Gasteiger partial charge in [0.15, 0.2) is 5.65 Å². The fourth-order valence-corrected chi connectivity index (χ4v) is 4.62. The molecule has 0 radical (unpaired) electrons. The van der Waals surface area contributed by atoms with Crippen molar-refractivity contribution in [3.05, 3.63) is 111 Å². The molecule has 35 heavy (non-hydrogen) atoms. The van der Waals surface area contributed by atoms with Crippen molar-refractivity contribution in [3.8, 4) is 11.4 Å². The van der Waals surface area contributed by atoms with Gasteiger partial charge in [-0.05, 0) is 35.1 Å². The molecule has 2 heterocycles. The number of aryl methyl sites for hydroxylation is 2. The lowest BCUT2D eigenvalue weighted by Crippen LogP contribution is -2.30. The SMILES string of the molecule is Cn1c2ccccc2c(=O)c2c(=O)n(CCc3ccccc3)c(-c3ccc(C(C)(C)C)cc3)nc21. The topological polar surface area (TPSA) is 56.9 Å². The first-order chi connectivity index (χ1) is 16.8. The van der Waals surface area contributed by atoms with Gasteiger partial charge in [-0.25, -0.2) is 4.98 Å². The molecule has 2 aromatic heterocycles. The molecule has 0 aliphatic rings. The van der Waals surface area contributed by atoms with Gasteiger partial charge in [-0.2, -0.15) is 0 Å². The van der Waals surface area contributed by atoms with E-state index in [1.54, 1.807) is 10.6 Å². The molecule has 0 atom stereocenters. The lowest BCUT2D eigenvalue weighted by atomic mass is 9.86. The summed E-state index contributed by atoms with van der Waals surface area (Å²) in [5, 5.41) is 0.660. The van der Waals surface area contributed by atoms with Gasteiger partial charge in [-0.3, -0.25) is 14.2 Å². The van der Waals surface area contributed by atoms with Gasteiger partial charge < -0.3 is 4.57 Å². The number of fused-ring (bicyclic) bond motifs is 2. The van der Waals surface area contributed by atoms with Gasteiger partial charge in [0.05, 0.1) is 5.52 Å². The minimum absolute atomic E-state index is 0.0190. The molecule has 0 spiro atoms. The van der Waals surface area contributed by atoms with Crippen molar-refractivity contribution in [2.75, 3.05) is 0 Å². The summed E-state index contributed by atoms with van der Waals surface area (Å²) in [5.41, 5.74) is 3.80. The number of rotatable bonds is 4. The number of aromatic nitrogens is 3. The fraction of sp³-hybridized carbons (Fsp3) is 0.233. The maximum atomic E-state index is 13.9. The Kier molecular flexibility index (Phi) is 5.64. The molecule has 0 fully saturated rings. The van der Waals surface area contributed by atoms with E-state index in [-0.39, 0.29) is 21.8 Å². The van der Waals surface area contributed by atoms with E-state index in [0.717, 1.165) is 16.6 Å². The molecule has 0 unspecified atom stereocenters. The second-order valence-corrected chi connectivity index (χ2v) is 10.1. The van der Waals surface area contributed by atoms with Crippen molar-refractivity contribution in [2.24, 2.45) is 7.05 Å². The zero-order chi connectivity index (χ0) is 24.7. The number of para-hydroxylation sites is 1. The summed E-state index contributed by atoms with van der Waals surface area (Å²) in [6, 6.07) is 25.6. The van der Waals surface area contributed by atoms with Gasteiger partial charge in [0, 0.05) is 24.5 Å². The highest BCUT2D eigenvalue weighted by Gasteiger charge is 2.20. The Morgan fingerprint density at radius 3 is 2.17 bits per heavy atom. The number of pyridine rings is 1. The molecule has 0 aliphatic carbocycles. The van der Waals surface area contributed by atoms with E-state index in [9.17, 15) is 9.59 Å². The van der Waals surface area contributed by atoms with E-state index in [1.165, 1.54) is 5.56 Å². The quantitative estimate of drug-likeness (QED) is 0.333. The smallest absolute Gasteiger partial charge is 0.267 e. The molecule has 5 rings (SSSR count). The summed E-state index contributed by atoms with van der Waals surface area (Å²) in [7, 11) is 1.86. The minimum Gasteiger partial charge on any atom is -0.328 e. The molecule has 5 aromatic rings. The van der Waals surface area contributed by atoms with Crippen LogP contribution in [0, 0.1) is 0 Å². The molecule has 3 aromatic carbocycles. The highest BCUT2D eigenvalue weighted by Crippen LogP contribution is 2.26. The summed E-state index contributed by atoms with van der Waals surface area (Å²) >= 11 is 0. The lowest BCUT2D eigenvalue weighted by molar-refractivity contribution is 0.590. The Hall–Kier alpha value is -3.99.